The van der Waals surface area contributed by atoms with E-state index in [0.29, 0.717) is 5.92 Å². The lowest BCUT2D eigenvalue weighted by Gasteiger charge is -2.24. The van der Waals surface area contributed by atoms with Crippen LogP contribution in [0.3, 0.4) is 0 Å². The van der Waals surface area contributed by atoms with Gasteiger partial charge in [-0.3, -0.25) is 4.79 Å². The summed E-state index contributed by atoms with van der Waals surface area (Å²) >= 11 is 2.08. The summed E-state index contributed by atoms with van der Waals surface area (Å²) in [6.45, 7) is 2.68. The molecule has 0 saturated carbocycles. The van der Waals surface area contributed by atoms with Crippen molar-refractivity contribution >= 4 is 17.7 Å². The maximum absolute atomic E-state index is 11.1. The number of carboxylic acids is 1. The predicted molar refractivity (Wildman–Crippen MR) is 66.9 cm³/mol. The largest absolute Gasteiger partial charge is 0.480 e. The molecule has 3 unspecified atom stereocenters. The monoisotopic (exact) mass is 243 g/mol. The third-order valence-corrected chi connectivity index (χ3v) is 5.24. The fraction of sp³-hybridized carbons (Fsp3) is 0.917. The van der Waals surface area contributed by atoms with Crippen LogP contribution in [-0.4, -0.2) is 34.2 Å². The summed E-state index contributed by atoms with van der Waals surface area (Å²) in [5, 5.41) is 13.1. The minimum atomic E-state index is -0.703. The molecule has 0 aromatic heterocycles. The molecule has 0 spiro atoms. The van der Waals surface area contributed by atoms with Gasteiger partial charge in [0.15, 0.2) is 0 Å². The molecule has 3 atom stereocenters. The van der Waals surface area contributed by atoms with Gasteiger partial charge in [-0.15, -0.1) is 0 Å². The van der Waals surface area contributed by atoms with Gasteiger partial charge in [-0.05, 0) is 50.8 Å². The molecule has 2 fully saturated rings. The molecule has 0 aromatic rings. The third kappa shape index (κ3) is 2.72. The summed E-state index contributed by atoms with van der Waals surface area (Å²) < 4.78 is 0. The Morgan fingerprint density at radius 3 is 2.94 bits per heavy atom. The Morgan fingerprint density at radius 2 is 2.38 bits per heavy atom. The average Bonchev–Trinajstić information content (AvgIpc) is 2.63. The number of carbonyl (C=O) groups is 1. The molecule has 2 aliphatic rings. The zero-order valence-electron chi connectivity index (χ0n) is 9.87. The summed E-state index contributed by atoms with van der Waals surface area (Å²) in [6.07, 6.45) is 6.02. The van der Waals surface area contributed by atoms with Crippen LogP contribution in [0.5, 0.6) is 0 Å². The molecule has 2 heterocycles. The fourth-order valence-corrected chi connectivity index (χ4v) is 4.23. The van der Waals surface area contributed by atoms with Crippen molar-refractivity contribution in [3.8, 4) is 0 Å². The summed E-state index contributed by atoms with van der Waals surface area (Å²) in [4.78, 5) is 11.1. The Kier molecular flexibility index (Phi) is 3.80. The van der Waals surface area contributed by atoms with Crippen molar-refractivity contribution in [3.05, 3.63) is 0 Å². The quantitative estimate of drug-likeness (QED) is 0.797. The number of carboxylic acid groups (broad SMARTS) is 1. The molecule has 0 aliphatic carbocycles. The smallest absolute Gasteiger partial charge is 0.323 e. The highest BCUT2D eigenvalue weighted by Gasteiger charge is 2.41. The van der Waals surface area contributed by atoms with E-state index in [9.17, 15) is 4.79 Å². The summed E-state index contributed by atoms with van der Waals surface area (Å²) in [5.74, 6) is 1.14. The van der Waals surface area contributed by atoms with Crippen LogP contribution in [0.4, 0.5) is 0 Å². The van der Waals surface area contributed by atoms with Crippen LogP contribution in [0, 0.1) is 5.92 Å². The molecule has 0 aromatic carbocycles. The van der Waals surface area contributed by atoms with Crippen molar-refractivity contribution in [1.29, 1.82) is 0 Å². The van der Waals surface area contributed by atoms with Crippen LogP contribution in [-0.2, 0) is 4.79 Å². The molecule has 4 heteroatoms. The number of hydrogen-bond donors (Lipinski definition) is 2. The van der Waals surface area contributed by atoms with E-state index in [0.717, 1.165) is 18.2 Å². The Balaban J connectivity index is 1.82. The Morgan fingerprint density at radius 1 is 1.56 bits per heavy atom. The van der Waals surface area contributed by atoms with Crippen LogP contribution in [0.15, 0.2) is 0 Å². The van der Waals surface area contributed by atoms with Gasteiger partial charge in [-0.1, -0.05) is 6.42 Å². The molecular weight excluding hydrogens is 222 g/mol. The molecule has 2 aliphatic heterocycles. The van der Waals surface area contributed by atoms with Gasteiger partial charge in [0.1, 0.15) is 5.54 Å². The second-order valence-corrected chi connectivity index (χ2v) is 6.72. The van der Waals surface area contributed by atoms with Crippen LogP contribution in [0.2, 0.25) is 0 Å². The summed E-state index contributed by atoms with van der Waals surface area (Å²) in [5.41, 5.74) is -0.677. The number of hydrogen-bond acceptors (Lipinski definition) is 3. The van der Waals surface area contributed by atoms with Crippen molar-refractivity contribution in [2.75, 3.05) is 12.3 Å². The molecule has 2 rings (SSSR count). The first-order valence-electron chi connectivity index (χ1n) is 6.20. The van der Waals surface area contributed by atoms with E-state index >= 15 is 0 Å². The first-order valence-corrected chi connectivity index (χ1v) is 7.25. The average molecular weight is 243 g/mol. The van der Waals surface area contributed by atoms with Gasteiger partial charge in [-0.25, -0.2) is 0 Å². The van der Waals surface area contributed by atoms with E-state index in [1.165, 1.54) is 31.4 Å². The van der Waals surface area contributed by atoms with Crippen molar-refractivity contribution in [1.82, 2.24) is 5.32 Å². The number of rotatable bonds is 3. The molecule has 0 amide bonds. The van der Waals surface area contributed by atoms with E-state index in [2.05, 4.69) is 17.1 Å². The molecule has 0 radical (unpaired) electrons. The maximum atomic E-state index is 11.1. The molecule has 16 heavy (non-hydrogen) atoms. The van der Waals surface area contributed by atoms with E-state index in [1.807, 2.05) is 6.92 Å². The second-order valence-electron chi connectivity index (χ2n) is 5.31. The van der Waals surface area contributed by atoms with Crippen LogP contribution in [0.1, 0.15) is 39.0 Å². The van der Waals surface area contributed by atoms with E-state index < -0.39 is 11.5 Å². The Hall–Kier alpha value is -0.220. The molecular formula is C12H21NO2S. The minimum Gasteiger partial charge on any atom is -0.480 e. The van der Waals surface area contributed by atoms with Gasteiger partial charge in [0.25, 0.3) is 0 Å². The van der Waals surface area contributed by atoms with Crippen LogP contribution < -0.4 is 5.32 Å². The third-order valence-electron chi connectivity index (χ3n) is 3.82. The lowest BCUT2D eigenvalue weighted by atomic mass is 9.91. The molecule has 0 bridgehead atoms. The standard InChI is InChI=1S/C12H21NO2S/c1-12(11(14)15)7-9(8-13-12)6-10-4-2-3-5-16-10/h9-10,13H,2-8H2,1H3,(H,14,15). The first kappa shape index (κ1) is 12.2. The Labute approximate surface area is 101 Å². The molecule has 92 valence electrons. The lowest BCUT2D eigenvalue weighted by Crippen LogP contribution is -2.44. The van der Waals surface area contributed by atoms with Crippen molar-refractivity contribution < 1.29 is 9.90 Å². The van der Waals surface area contributed by atoms with Gasteiger partial charge in [0, 0.05) is 5.25 Å². The van der Waals surface area contributed by atoms with Crippen molar-refractivity contribution in [3.63, 3.8) is 0 Å². The minimum absolute atomic E-state index is 0.552. The molecule has 2 saturated heterocycles. The van der Waals surface area contributed by atoms with Gasteiger partial charge in [0.2, 0.25) is 0 Å². The highest BCUT2D eigenvalue weighted by Crippen LogP contribution is 2.34. The van der Waals surface area contributed by atoms with Gasteiger partial charge >= 0.3 is 5.97 Å². The van der Waals surface area contributed by atoms with E-state index in [4.69, 9.17) is 5.11 Å². The van der Waals surface area contributed by atoms with Crippen molar-refractivity contribution in [2.24, 2.45) is 5.92 Å². The Bertz CT molecular complexity index is 266. The van der Waals surface area contributed by atoms with E-state index in [-0.39, 0.29) is 0 Å². The maximum Gasteiger partial charge on any atom is 0.323 e. The highest BCUT2D eigenvalue weighted by molar-refractivity contribution is 7.99. The summed E-state index contributed by atoms with van der Waals surface area (Å²) in [6, 6.07) is 0. The predicted octanol–water partition coefficient (Wildman–Crippen LogP) is 2.12. The summed E-state index contributed by atoms with van der Waals surface area (Å²) in [7, 11) is 0. The number of thioether (sulfide) groups is 1. The zero-order valence-corrected chi connectivity index (χ0v) is 10.7. The lowest BCUT2D eigenvalue weighted by molar-refractivity contribution is -0.143. The van der Waals surface area contributed by atoms with E-state index in [1.54, 1.807) is 0 Å². The second kappa shape index (κ2) is 4.96. The first-order chi connectivity index (χ1) is 7.60. The van der Waals surface area contributed by atoms with Crippen LogP contribution in [0.25, 0.3) is 0 Å². The van der Waals surface area contributed by atoms with Crippen molar-refractivity contribution in [2.45, 2.75) is 49.8 Å². The number of nitrogens with one attached hydrogen (secondary N) is 1. The van der Waals surface area contributed by atoms with Crippen LogP contribution >= 0.6 is 11.8 Å². The molecule has 3 nitrogen and oxygen atoms in total. The topological polar surface area (TPSA) is 49.3 Å². The van der Waals surface area contributed by atoms with Gasteiger partial charge < -0.3 is 10.4 Å². The zero-order chi connectivity index (χ0) is 11.6. The van der Waals surface area contributed by atoms with Gasteiger partial charge in [0.05, 0.1) is 0 Å². The highest BCUT2D eigenvalue weighted by atomic mass is 32.2. The van der Waals surface area contributed by atoms with Gasteiger partial charge in [-0.2, -0.15) is 11.8 Å². The normalized spacial score (nSPS) is 39.8. The fourth-order valence-electron chi connectivity index (χ4n) is 2.79. The SMILES string of the molecule is CC1(C(=O)O)CC(CC2CCCCS2)CN1. The molecule has 2 N–H and O–H groups in total. The number of aliphatic carboxylic acids is 1.